The van der Waals surface area contributed by atoms with Crippen LogP contribution in [-0.4, -0.2) is 13.4 Å². The number of halogens is 1. The van der Waals surface area contributed by atoms with Gasteiger partial charge in [-0.05, 0) is 38.5 Å². The molecule has 0 aliphatic carbocycles. The van der Waals surface area contributed by atoms with E-state index in [4.69, 9.17) is 0 Å². The van der Waals surface area contributed by atoms with E-state index in [-0.39, 0.29) is 10.9 Å². The van der Waals surface area contributed by atoms with Crippen molar-refractivity contribution in [3.8, 4) is 0 Å². The summed E-state index contributed by atoms with van der Waals surface area (Å²) in [4.78, 5) is 5.56. The summed E-state index contributed by atoms with van der Waals surface area (Å²) in [5.41, 5.74) is 0.711. The zero-order chi connectivity index (χ0) is 14.9. The smallest absolute Gasteiger partial charge is 0.241 e. The van der Waals surface area contributed by atoms with E-state index < -0.39 is 10.0 Å². The topological polar surface area (TPSA) is 59.1 Å². The van der Waals surface area contributed by atoms with Crippen molar-refractivity contribution in [2.75, 3.05) is 0 Å². The third-order valence-corrected chi connectivity index (χ3v) is 6.05. The van der Waals surface area contributed by atoms with Crippen molar-refractivity contribution in [1.82, 2.24) is 9.71 Å². The van der Waals surface area contributed by atoms with E-state index in [0.29, 0.717) is 5.56 Å². The van der Waals surface area contributed by atoms with Crippen LogP contribution in [0.1, 0.15) is 28.4 Å². The van der Waals surface area contributed by atoms with Gasteiger partial charge in [0.05, 0.1) is 10.9 Å². The Morgan fingerprint density at radius 2 is 2.05 bits per heavy atom. The number of benzene rings is 1. The molecular weight excluding hydrogens is 360 g/mol. The lowest BCUT2D eigenvalue weighted by molar-refractivity contribution is 0.565. The number of nitrogens with zero attached hydrogens (tertiary/aromatic N) is 1. The van der Waals surface area contributed by atoms with Crippen LogP contribution in [0.15, 0.2) is 33.8 Å². The molecule has 1 heterocycles. The van der Waals surface area contributed by atoms with Gasteiger partial charge < -0.3 is 0 Å². The summed E-state index contributed by atoms with van der Waals surface area (Å²) in [6, 6.07) is 4.85. The minimum Gasteiger partial charge on any atom is -0.248 e. The van der Waals surface area contributed by atoms with Crippen molar-refractivity contribution < 1.29 is 8.42 Å². The molecule has 1 unspecified atom stereocenters. The molecule has 1 aromatic heterocycles. The number of sulfonamides is 1. The van der Waals surface area contributed by atoms with Crippen LogP contribution in [0.5, 0.6) is 0 Å². The monoisotopic (exact) mass is 374 g/mol. The first-order valence-corrected chi connectivity index (χ1v) is 9.09. The molecule has 7 heteroatoms. The van der Waals surface area contributed by atoms with Crippen LogP contribution in [-0.2, 0) is 10.0 Å². The Labute approximate surface area is 131 Å². The summed E-state index contributed by atoms with van der Waals surface area (Å²) in [6.07, 6.45) is 1.75. The van der Waals surface area contributed by atoms with Crippen molar-refractivity contribution in [2.24, 2.45) is 0 Å². The molecule has 108 valence electrons. The summed E-state index contributed by atoms with van der Waals surface area (Å²) in [5, 5.41) is 0.763. The summed E-state index contributed by atoms with van der Waals surface area (Å²) in [5.74, 6) is 0. The Balaban J connectivity index is 2.29. The second kappa shape index (κ2) is 5.93. The predicted molar refractivity (Wildman–Crippen MR) is 84.5 cm³/mol. The van der Waals surface area contributed by atoms with E-state index in [1.165, 1.54) is 11.3 Å². The normalized spacial score (nSPS) is 13.4. The van der Waals surface area contributed by atoms with Crippen molar-refractivity contribution in [3.63, 3.8) is 0 Å². The molecular formula is C13H15BrN2O2S2. The third kappa shape index (κ3) is 3.46. The van der Waals surface area contributed by atoms with Crippen LogP contribution in [0.25, 0.3) is 0 Å². The highest BCUT2D eigenvalue weighted by atomic mass is 79.9. The molecule has 2 rings (SSSR count). The van der Waals surface area contributed by atoms with Gasteiger partial charge in [-0.2, -0.15) is 0 Å². The van der Waals surface area contributed by atoms with Gasteiger partial charge in [0.2, 0.25) is 10.0 Å². The minimum absolute atomic E-state index is 0.284. The molecule has 0 saturated heterocycles. The molecule has 0 aliphatic rings. The van der Waals surface area contributed by atoms with E-state index >= 15 is 0 Å². The van der Waals surface area contributed by atoms with Crippen LogP contribution in [0.2, 0.25) is 0 Å². The highest BCUT2D eigenvalue weighted by molar-refractivity contribution is 9.10. The molecule has 4 nitrogen and oxygen atoms in total. The largest absolute Gasteiger partial charge is 0.248 e. The molecule has 20 heavy (non-hydrogen) atoms. The highest BCUT2D eigenvalue weighted by Gasteiger charge is 2.22. The van der Waals surface area contributed by atoms with E-state index in [0.717, 1.165) is 14.4 Å². The molecule has 0 spiro atoms. The van der Waals surface area contributed by atoms with Gasteiger partial charge in [-0.1, -0.05) is 22.0 Å². The second-order valence-electron chi connectivity index (χ2n) is 4.56. The van der Waals surface area contributed by atoms with E-state index in [2.05, 4.69) is 25.6 Å². The van der Waals surface area contributed by atoms with Gasteiger partial charge in [-0.3, -0.25) is 0 Å². The lowest BCUT2D eigenvalue weighted by Crippen LogP contribution is -2.27. The fourth-order valence-corrected chi connectivity index (χ4v) is 4.62. The first-order chi connectivity index (χ1) is 9.29. The van der Waals surface area contributed by atoms with Crippen LogP contribution in [0, 0.1) is 13.8 Å². The molecule has 1 N–H and O–H groups in total. The van der Waals surface area contributed by atoms with Gasteiger partial charge in [-0.25, -0.2) is 18.1 Å². The van der Waals surface area contributed by atoms with Crippen LogP contribution in [0.3, 0.4) is 0 Å². The number of rotatable bonds is 4. The van der Waals surface area contributed by atoms with Gasteiger partial charge in [0.1, 0.15) is 5.01 Å². The Morgan fingerprint density at radius 3 is 2.65 bits per heavy atom. The second-order valence-corrected chi connectivity index (χ2v) is 8.43. The Bertz CT molecular complexity index is 726. The summed E-state index contributed by atoms with van der Waals surface area (Å²) in [7, 11) is -3.56. The Kier molecular flexibility index (Phi) is 4.63. The molecule has 0 radical (unpaired) electrons. The van der Waals surface area contributed by atoms with Gasteiger partial charge >= 0.3 is 0 Å². The van der Waals surface area contributed by atoms with Crippen LogP contribution < -0.4 is 4.72 Å². The number of hydrogen-bond acceptors (Lipinski definition) is 4. The molecule has 2 aromatic rings. The van der Waals surface area contributed by atoms with Crippen molar-refractivity contribution in [1.29, 1.82) is 0 Å². The number of hydrogen-bond donors (Lipinski definition) is 1. The molecule has 1 atom stereocenters. The fraction of sp³-hybridized carbons (Fsp3) is 0.308. The molecule has 0 saturated carbocycles. The summed E-state index contributed by atoms with van der Waals surface area (Å²) in [6.45, 7) is 5.52. The zero-order valence-electron chi connectivity index (χ0n) is 11.3. The lowest BCUT2D eigenvalue weighted by Gasteiger charge is -2.13. The van der Waals surface area contributed by atoms with Crippen molar-refractivity contribution >= 4 is 37.3 Å². The third-order valence-electron chi connectivity index (χ3n) is 2.78. The van der Waals surface area contributed by atoms with E-state index in [1.807, 2.05) is 13.0 Å². The Hall–Kier alpha value is -0.760. The standard InChI is InChI=1S/C13H15BrN2O2S2/c1-8-4-5-11(14)6-12(8)20(17,18)16-10(3)13-15-7-9(2)19-13/h4-7,10,16H,1-3H3. The average molecular weight is 375 g/mol. The molecule has 0 bridgehead atoms. The fourth-order valence-electron chi connectivity index (χ4n) is 1.78. The highest BCUT2D eigenvalue weighted by Crippen LogP contribution is 2.24. The summed E-state index contributed by atoms with van der Waals surface area (Å²) < 4.78 is 28.3. The van der Waals surface area contributed by atoms with Gasteiger partial charge in [0, 0.05) is 15.5 Å². The average Bonchev–Trinajstić information content (AvgIpc) is 2.78. The van der Waals surface area contributed by atoms with Gasteiger partial charge in [0.25, 0.3) is 0 Å². The molecule has 0 aliphatic heterocycles. The predicted octanol–water partition coefficient (Wildman–Crippen LogP) is 3.56. The van der Waals surface area contributed by atoms with E-state index in [9.17, 15) is 8.42 Å². The maximum absolute atomic E-state index is 12.4. The number of nitrogens with one attached hydrogen (secondary N) is 1. The minimum atomic E-state index is -3.56. The first kappa shape index (κ1) is 15.6. The first-order valence-electron chi connectivity index (χ1n) is 6.00. The maximum atomic E-state index is 12.4. The molecule has 0 fully saturated rings. The molecule has 0 amide bonds. The lowest BCUT2D eigenvalue weighted by atomic mass is 10.2. The number of aryl methyl sites for hydroxylation is 2. The maximum Gasteiger partial charge on any atom is 0.241 e. The van der Waals surface area contributed by atoms with Crippen LogP contribution in [0.4, 0.5) is 0 Å². The SMILES string of the molecule is Cc1cnc(C(C)NS(=O)(=O)c2cc(Br)ccc2C)s1. The zero-order valence-corrected chi connectivity index (χ0v) is 14.6. The Morgan fingerprint density at radius 1 is 1.35 bits per heavy atom. The molecule has 1 aromatic carbocycles. The summed E-state index contributed by atoms with van der Waals surface area (Å²) >= 11 is 4.79. The van der Waals surface area contributed by atoms with E-state index in [1.54, 1.807) is 32.2 Å². The van der Waals surface area contributed by atoms with Crippen molar-refractivity contribution in [3.05, 3.63) is 44.3 Å². The number of aromatic nitrogens is 1. The quantitative estimate of drug-likeness (QED) is 0.889. The van der Waals surface area contributed by atoms with Gasteiger partial charge in [0.15, 0.2) is 0 Å². The van der Waals surface area contributed by atoms with Crippen LogP contribution >= 0.6 is 27.3 Å². The number of thiazole rings is 1. The van der Waals surface area contributed by atoms with Gasteiger partial charge in [-0.15, -0.1) is 11.3 Å². The van der Waals surface area contributed by atoms with Crippen molar-refractivity contribution in [2.45, 2.75) is 31.7 Å².